The van der Waals surface area contributed by atoms with Gasteiger partial charge in [0.15, 0.2) is 0 Å². The average Bonchev–Trinajstić information content (AvgIpc) is 2.61. The van der Waals surface area contributed by atoms with E-state index in [2.05, 4.69) is 0 Å². The van der Waals surface area contributed by atoms with Gasteiger partial charge in [-0.1, -0.05) is 20.8 Å². The van der Waals surface area contributed by atoms with Crippen molar-refractivity contribution in [3.05, 3.63) is 0 Å². The predicted molar refractivity (Wildman–Crippen MR) is 77.1 cm³/mol. The third kappa shape index (κ3) is 3.74. The Morgan fingerprint density at radius 2 is 1.75 bits per heavy atom. The van der Waals surface area contributed by atoms with Crippen molar-refractivity contribution in [2.45, 2.75) is 66.9 Å². The van der Waals surface area contributed by atoms with Gasteiger partial charge in [-0.3, -0.25) is 9.59 Å². The summed E-state index contributed by atoms with van der Waals surface area (Å²) in [7, 11) is 0. The van der Waals surface area contributed by atoms with Crippen LogP contribution in [0, 0.1) is 16.7 Å². The third-order valence-corrected chi connectivity index (χ3v) is 4.54. The molecule has 0 aliphatic carbocycles. The lowest BCUT2D eigenvalue weighted by Crippen LogP contribution is -2.43. The fourth-order valence-corrected chi connectivity index (χ4v) is 2.04. The van der Waals surface area contributed by atoms with Crippen LogP contribution in [0.15, 0.2) is 0 Å². The van der Waals surface area contributed by atoms with Crippen molar-refractivity contribution in [1.29, 1.82) is 0 Å². The lowest BCUT2D eigenvalue weighted by atomic mass is 9.69. The highest BCUT2D eigenvalue weighted by Gasteiger charge is 2.44. The summed E-state index contributed by atoms with van der Waals surface area (Å²) in [6.07, 6.45) is 1.22. The Hall–Kier alpha value is -1.06. The van der Waals surface area contributed by atoms with Crippen LogP contribution in [0.4, 0.5) is 0 Å². The van der Waals surface area contributed by atoms with Crippen LogP contribution in [0.2, 0.25) is 0 Å². The highest BCUT2D eigenvalue weighted by molar-refractivity contribution is 5.77. The molecule has 4 nitrogen and oxygen atoms in total. The van der Waals surface area contributed by atoms with E-state index in [1.54, 1.807) is 0 Å². The van der Waals surface area contributed by atoms with Gasteiger partial charge in [0.25, 0.3) is 0 Å². The molecule has 0 aromatic carbocycles. The highest BCUT2D eigenvalue weighted by atomic mass is 16.6. The Balaban J connectivity index is 2.70. The first-order chi connectivity index (χ1) is 8.87. The molecule has 1 heterocycles. The van der Waals surface area contributed by atoms with E-state index >= 15 is 0 Å². The van der Waals surface area contributed by atoms with E-state index in [1.807, 2.05) is 48.5 Å². The summed E-state index contributed by atoms with van der Waals surface area (Å²) in [6.45, 7) is 14.1. The number of carbonyl (C=O) groups excluding carboxylic acids is 2. The molecule has 0 N–H and O–H groups in total. The van der Waals surface area contributed by atoms with E-state index in [0.29, 0.717) is 19.4 Å². The molecule has 1 aliphatic rings. The standard InChI is InChI=1S/C16H28O4/c1-14(2,3)16(6,7)13(18)20-15(4,5)10-11-8-9-19-12(11)17/h11H,8-10H2,1-7H3. The van der Waals surface area contributed by atoms with Crippen LogP contribution in [0.3, 0.4) is 0 Å². The van der Waals surface area contributed by atoms with E-state index in [4.69, 9.17) is 9.47 Å². The van der Waals surface area contributed by atoms with Gasteiger partial charge in [0, 0.05) is 6.42 Å². The maximum atomic E-state index is 12.4. The molecule has 20 heavy (non-hydrogen) atoms. The molecule has 0 aromatic rings. The first kappa shape index (κ1) is 17.0. The summed E-state index contributed by atoms with van der Waals surface area (Å²) < 4.78 is 10.7. The van der Waals surface area contributed by atoms with Gasteiger partial charge in [-0.25, -0.2) is 0 Å². The number of esters is 2. The predicted octanol–water partition coefficient (Wildman–Crippen LogP) is 3.33. The van der Waals surface area contributed by atoms with Crippen LogP contribution >= 0.6 is 0 Å². The van der Waals surface area contributed by atoms with E-state index in [9.17, 15) is 9.59 Å². The molecule has 0 radical (unpaired) electrons. The lowest BCUT2D eigenvalue weighted by Gasteiger charge is -2.39. The van der Waals surface area contributed by atoms with Gasteiger partial charge in [-0.05, 0) is 39.5 Å². The zero-order valence-corrected chi connectivity index (χ0v) is 13.8. The van der Waals surface area contributed by atoms with E-state index < -0.39 is 11.0 Å². The molecule has 0 saturated carbocycles. The van der Waals surface area contributed by atoms with Crippen LogP contribution in [-0.4, -0.2) is 24.1 Å². The van der Waals surface area contributed by atoms with Crippen molar-refractivity contribution in [3.63, 3.8) is 0 Å². The average molecular weight is 284 g/mol. The molecule has 1 fully saturated rings. The van der Waals surface area contributed by atoms with E-state index in [0.717, 1.165) is 0 Å². The second kappa shape index (κ2) is 5.38. The maximum Gasteiger partial charge on any atom is 0.312 e. The maximum absolute atomic E-state index is 12.4. The molecule has 1 aliphatic heterocycles. The van der Waals surface area contributed by atoms with Crippen LogP contribution < -0.4 is 0 Å². The highest BCUT2D eigenvalue weighted by Crippen LogP contribution is 2.40. The van der Waals surface area contributed by atoms with Crippen LogP contribution in [0.25, 0.3) is 0 Å². The molecule has 116 valence electrons. The molecule has 1 atom stereocenters. The number of hydrogen-bond acceptors (Lipinski definition) is 4. The SMILES string of the molecule is CC(C)(CC1CCOC1=O)OC(=O)C(C)(C)C(C)(C)C. The molecule has 0 spiro atoms. The fraction of sp³-hybridized carbons (Fsp3) is 0.875. The lowest BCUT2D eigenvalue weighted by molar-refractivity contribution is -0.176. The van der Waals surface area contributed by atoms with Gasteiger partial charge >= 0.3 is 11.9 Å². The Kier molecular flexibility index (Phi) is 4.57. The number of ether oxygens (including phenoxy) is 2. The Morgan fingerprint density at radius 1 is 1.20 bits per heavy atom. The number of hydrogen-bond donors (Lipinski definition) is 0. The van der Waals surface area contributed by atoms with Crippen LogP contribution in [-0.2, 0) is 19.1 Å². The van der Waals surface area contributed by atoms with Crippen molar-refractivity contribution in [1.82, 2.24) is 0 Å². The van der Waals surface area contributed by atoms with Crippen molar-refractivity contribution in [3.8, 4) is 0 Å². The second-order valence-corrected chi connectivity index (χ2v) is 7.88. The molecule has 1 rings (SSSR count). The monoisotopic (exact) mass is 284 g/mol. The largest absolute Gasteiger partial charge is 0.465 e. The Labute approximate surface area is 122 Å². The molecular formula is C16H28O4. The zero-order valence-electron chi connectivity index (χ0n) is 13.8. The first-order valence-corrected chi connectivity index (χ1v) is 7.27. The molecule has 1 saturated heterocycles. The summed E-state index contributed by atoms with van der Waals surface area (Å²) in [5, 5.41) is 0. The van der Waals surface area contributed by atoms with E-state index in [-0.39, 0.29) is 23.3 Å². The molecule has 4 heteroatoms. The summed E-state index contributed by atoms with van der Waals surface area (Å²) in [4.78, 5) is 24.0. The van der Waals surface area contributed by atoms with Crippen molar-refractivity contribution in [2.24, 2.45) is 16.7 Å². The fourth-order valence-electron chi connectivity index (χ4n) is 2.04. The zero-order chi connectivity index (χ0) is 15.8. The normalized spacial score (nSPS) is 20.8. The van der Waals surface area contributed by atoms with Crippen LogP contribution in [0.1, 0.15) is 61.3 Å². The molecule has 0 bridgehead atoms. The minimum absolute atomic E-state index is 0.157. The quantitative estimate of drug-likeness (QED) is 0.743. The van der Waals surface area contributed by atoms with E-state index in [1.165, 1.54) is 0 Å². The molecule has 0 aromatic heterocycles. The number of cyclic esters (lactones) is 1. The summed E-state index contributed by atoms with van der Waals surface area (Å²) in [6, 6.07) is 0. The van der Waals surface area contributed by atoms with Crippen molar-refractivity contribution < 1.29 is 19.1 Å². The topological polar surface area (TPSA) is 52.6 Å². The number of carbonyl (C=O) groups is 2. The third-order valence-electron chi connectivity index (χ3n) is 4.54. The van der Waals surface area contributed by atoms with Crippen LogP contribution in [0.5, 0.6) is 0 Å². The van der Waals surface area contributed by atoms with Crippen molar-refractivity contribution in [2.75, 3.05) is 6.61 Å². The van der Waals surface area contributed by atoms with Gasteiger partial charge in [-0.15, -0.1) is 0 Å². The van der Waals surface area contributed by atoms with Crippen molar-refractivity contribution >= 4 is 11.9 Å². The molecule has 1 unspecified atom stereocenters. The van der Waals surface area contributed by atoms with Gasteiger partial charge < -0.3 is 9.47 Å². The Bertz CT molecular complexity index is 388. The van der Waals surface area contributed by atoms with Gasteiger partial charge in [-0.2, -0.15) is 0 Å². The minimum atomic E-state index is -0.659. The Morgan fingerprint density at radius 3 is 2.15 bits per heavy atom. The smallest absolute Gasteiger partial charge is 0.312 e. The minimum Gasteiger partial charge on any atom is -0.465 e. The first-order valence-electron chi connectivity index (χ1n) is 7.27. The molecule has 0 amide bonds. The van der Waals surface area contributed by atoms with Gasteiger partial charge in [0.05, 0.1) is 17.9 Å². The summed E-state index contributed by atoms with van der Waals surface area (Å²) in [5.74, 6) is -0.555. The second-order valence-electron chi connectivity index (χ2n) is 7.88. The number of rotatable bonds is 4. The summed E-state index contributed by atoms with van der Waals surface area (Å²) >= 11 is 0. The molecular weight excluding hydrogens is 256 g/mol. The van der Waals surface area contributed by atoms with Gasteiger partial charge in [0.1, 0.15) is 5.60 Å². The summed E-state index contributed by atoms with van der Waals surface area (Å²) in [5.41, 5.74) is -1.43. The van der Waals surface area contributed by atoms with Gasteiger partial charge in [0.2, 0.25) is 0 Å².